The van der Waals surface area contributed by atoms with Crippen LogP contribution in [0.3, 0.4) is 0 Å². The van der Waals surface area contributed by atoms with Gasteiger partial charge in [0, 0.05) is 43.6 Å². The van der Waals surface area contributed by atoms with Crippen molar-refractivity contribution in [2.45, 2.75) is 6.04 Å². The number of halogens is 1. The number of nitrogen functional groups attached to an aromatic ring is 1. The van der Waals surface area contributed by atoms with Gasteiger partial charge < -0.3 is 26.0 Å². The van der Waals surface area contributed by atoms with Gasteiger partial charge in [0.2, 0.25) is 0 Å². The maximum atomic E-state index is 14.2. The van der Waals surface area contributed by atoms with Crippen molar-refractivity contribution in [2.75, 3.05) is 50.2 Å². The van der Waals surface area contributed by atoms with Crippen LogP contribution in [0.5, 0.6) is 5.19 Å². The van der Waals surface area contributed by atoms with Gasteiger partial charge in [-0.25, -0.2) is 9.37 Å². The minimum atomic E-state index is -0.625. The fourth-order valence-electron chi connectivity index (χ4n) is 3.51. The molecule has 2 aromatic carbocycles. The Kier molecular flexibility index (Phi) is 5.75. The molecule has 1 saturated heterocycles. The minimum Gasteiger partial charge on any atom is -0.473 e. The first-order valence-electron chi connectivity index (χ1n) is 9.67. The molecule has 2 heterocycles. The lowest BCUT2D eigenvalue weighted by Gasteiger charge is -2.41. The van der Waals surface area contributed by atoms with E-state index in [1.807, 2.05) is 13.1 Å². The van der Waals surface area contributed by atoms with E-state index in [1.165, 1.54) is 23.6 Å². The van der Waals surface area contributed by atoms with Gasteiger partial charge in [-0.05, 0) is 31.3 Å². The third-order valence-corrected chi connectivity index (χ3v) is 6.28. The summed E-state index contributed by atoms with van der Waals surface area (Å²) in [6.07, 6.45) is 1.44. The van der Waals surface area contributed by atoms with Gasteiger partial charge in [0.15, 0.2) is 0 Å². The molecule has 4 N–H and O–H groups in total. The lowest BCUT2D eigenvalue weighted by molar-refractivity contribution is 0.102. The van der Waals surface area contributed by atoms with E-state index in [4.69, 9.17) is 10.5 Å². The molecule has 1 aromatic heterocycles. The van der Waals surface area contributed by atoms with Crippen molar-refractivity contribution >= 4 is 50.7 Å². The fraction of sp³-hybridized carbons (Fsp3) is 0.286. The molecule has 3 aromatic rings. The van der Waals surface area contributed by atoms with E-state index < -0.39 is 11.7 Å². The molecule has 0 aliphatic carbocycles. The van der Waals surface area contributed by atoms with Crippen LogP contribution in [0, 0.1) is 5.82 Å². The highest BCUT2D eigenvalue weighted by molar-refractivity contribution is 7.21. The van der Waals surface area contributed by atoms with E-state index in [2.05, 4.69) is 25.5 Å². The molecule has 0 unspecified atom stereocenters. The summed E-state index contributed by atoms with van der Waals surface area (Å²) in [5.74, 6) is -1.02. The van der Waals surface area contributed by atoms with Crippen molar-refractivity contribution in [2.24, 2.45) is 4.99 Å². The number of aliphatic imine (C=N–C) groups is 1. The lowest BCUT2D eigenvalue weighted by Crippen LogP contribution is -2.57. The van der Waals surface area contributed by atoms with Gasteiger partial charge in [0.1, 0.15) is 11.3 Å². The molecule has 8 nitrogen and oxygen atoms in total. The monoisotopic (exact) mass is 442 g/mol. The first-order valence-corrected chi connectivity index (χ1v) is 10.5. The Labute approximate surface area is 182 Å². The number of nitrogens with one attached hydrogen (secondary N) is 2. The highest BCUT2D eigenvalue weighted by atomic mass is 32.1. The van der Waals surface area contributed by atoms with Crippen LogP contribution in [-0.2, 0) is 0 Å². The molecule has 1 aliphatic heterocycles. The quantitative estimate of drug-likeness (QED) is 0.401. The number of nitrogens with zero attached hydrogens (tertiary/aromatic N) is 3. The zero-order chi connectivity index (χ0) is 22.1. The van der Waals surface area contributed by atoms with E-state index in [0.29, 0.717) is 27.9 Å². The molecular weight excluding hydrogens is 419 g/mol. The van der Waals surface area contributed by atoms with Crippen LogP contribution in [0.2, 0.25) is 0 Å². The van der Waals surface area contributed by atoms with E-state index in [9.17, 15) is 9.18 Å². The Morgan fingerprint density at radius 2 is 2.19 bits per heavy atom. The predicted molar refractivity (Wildman–Crippen MR) is 124 cm³/mol. The first kappa shape index (κ1) is 21.0. The number of carbonyl (C=O) groups is 1. The van der Waals surface area contributed by atoms with Gasteiger partial charge in [-0.15, -0.1) is 0 Å². The third-order valence-electron chi connectivity index (χ3n) is 5.24. The number of amides is 1. The summed E-state index contributed by atoms with van der Waals surface area (Å²) in [6.45, 7) is 1.76. The molecule has 0 spiro atoms. The van der Waals surface area contributed by atoms with Gasteiger partial charge in [-0.1, -0.05) is 11.3 Å². The number of nitrogens with two attached hydrogens (primary N) is 1. The zero-order valence-corrected chi connectivity index (χ0v) is 18.2. The third kappa shape index (κ3) is 3.91. The predicted octanol–water partition coefficient (Wildman–Crippen LogP) is 2.74. The van der Waals surface area contributed by atoms with Gasteiger partial charge in [0.25, 0.3) is 11.1 Å². The molecule has 10 heteroatoms. The summed E-state index contributed by atoms with van der Waals surface area (Å²) in [5.41, 5.74) is 8.35. The number of likely N-dealkylation sites (N-methyl/N-ethyl adjacent to an activating group) is 1. The van der Waals surface area contributed by atoms with E-state index >= 15 is 0 Å². The normalized spacial score (nSPS) is 14.3. The summed E-state index contributed by atoms with van der Waals surface area (Å²) in [5, 5.41) is 6.47. The van der Waals surface area contributed by atoms with Gasteiger partial charge >= 0.3 is 0 Å². The second-order valence-electron chi connectivity index (χ2n) is 7.19. The molecule has 0 bridgehead atoms. The van der Waals surface area contributed by atoms with Crippen molar-refractivity contribution < 1.29 is 13.9 Å². The molecule has 4 rings (SSSR count). The van der Waals surface area contributed by atoms with Crippen LogP contribution in [0.25, 0.3) is 10.2 Å². The van der Waals surface area contributed by atoms with Crippen LogP contribution < -0.4 is 26.0 Å². The van der Waals surface area contributed by atoms with E-state index in [0.717, 1.165) is 23.5 Å². The Morgan fingerprint density at radius 3 is 2.87 bits per heavy atom. The Balaban J connectivity index is 1.68. The van der Waals surface area contributed by atoms with E-state index in [-0.39, 0.29) is 11.4 Å². The van der Waals surface area contributed by atoms with Crippen LogP contribution >= 0.6 is 11.3 Å². The van der Waals surface area contributed by atoms with Crippen LogP contribution in [-0.4, -0.2) is 57.4 Å². The standard InChI is InChI=1S/C21H23FN6O2S/c1-24-8-11-6-12(7-15(22)17(11)23)26-20(29)14-4-5-16(28-9-13(10-28)25-2)19-18(14)27-21(30-3)31-19/h4-8,13,25H,9-10,23H2,1-3H3,(H,26,29). The number of benzene rings is 2. The van der Waals surface area contributed by atoms with Crippen molar-refractivity contribution in [3.8, 4) is 5.19 Å². The smallest absolute Gasteiger partial charge is 0.274 e. The molecule has 162 valence electrons. The number of anilines is 3. The fourth-order valence-corrected chi connectivity index (χ4v) is 4.46. The number of carbonyl (C=O) groups excluding carboxylic acids is 1. The Bertz CT molecular complexity index is 1170. The van der Waals surface area contributed by atoms with Gasteiger partial charge in [-0.3, -0.25) is 9.79 Å². The molecule has 0 atom stereocenters. The number of hydrogen-bond acceptors (Lipinski definition) is 8. The summed E-state index contributed by atoms with van der Waals surface area (Å²) >= 11 is 1.39. The Hall–Kier alpha value is -3.24. The second kappa shape index (κ2) is 8.48. The number of ether oxygens (including phenoxy) is 1. The van der Waals surface area contributed by atoms with Gasteiger partial charge in [-0.2, -0.15) is 0 Å². The summed E-state index contributed by atoms with van der Waals surface area (Å²) in [4.78, 5) is 23.7. The van der Waals surface area contributed by atoms with E-state index in [1.54, 1.807) is 26.3 Å². The number of thiazole rings is 1. The van der Waals surface area contributed by atoms with Crippen molar-refractivity contribution in [3.05, 3.63) is 41.2 Å². The van der Waals surface area contributed by atoms with Crippen LogP contribution in [0.15, 0.2) is 29.3 Å². The average Bonchev–Trinajstić information content (AvgIpc) is 3.15. The number of aromatic nitrogens is 1. The number of methoxy groups -OCH3 is 1. The van der Waals surface area contributed by atoms with Crippen LogP contribution in [0.1, 0.15) is 15.9 Å². The molecule has 1 fully saturated rings. The number of hydrogen-bond donors (Lipinski definition) is 3. The lowest BCUT2D eigenvalue weighted by atomic mass is 10.1. The number of rotatable bonds is 6. The molecule has 0 radical (unpaired) electrons. The molecule has 31 heavy (non-hydrogen) atoms. The SMILES string of the molecule is CN=Cc1cc(NC(=O)c2ccc(N3CC(NC)C3)c3sc(OC)nc23)cc(F)c1N. The maximum absolute atomic E-state index is 14.2. The largest absolute Gasteiger partial charge is 0.473 e. The van der Waals surface area contributed by atoms with Crippen molar-refractivity contribution in [1.82, 2.24) is 10.3 Å². The van der Waals surface area contributed by atoms with Crippen molar-refractivity contribution in [1.29, 1.82) is 0 Å². The van der Waals surface area contributed by atoms with Crippen molar-refractivity contribution in [3.63, 3.8) is 0 Å². The average molecular weight is 443 g/mol. The topological polar surface area (TPSA) is 105 Å². The second-order valence-corrected chi connectivity index (χ2v) is 8.15. The molecule has 1 amide bonds. The van der Waals surface area contributed by atoms with Gasteiger partial charge in [0.05, 0.1) is 28.7 Å². The molecule has 1 aliphatic rings. The molecular formula is C21H23FN6O2S. The minimum absolute atomic E-state index is 0.0194. The number of fused-ring (bicyclic) bond motifs is 1. The molecule has 0 saturated carbocycles. The highest BCUT2D eigenvalue weighted by Gasteiger charge is 2.29. The maximum Gasteiger partial charge on any atom is 0.274 e. The summed E-state index contributed by atoms with van der Waals surface area (Å²) in [7, 11) is 5.05. The summed E-state index contributed by atoms with van der Waals surface area (Å²) < 4.78 is 20.4. The summed E-state index contributed by atoms with van der Waals surface area (Å²) in [6, 6.07) is 6.86. The zero-order valence-electron chi connectivity index (χ0n) is 17.4. The Morgan fingerprint density at radius 1 is 1.42 bits per heavy atom. The highest BCUT2D eigenvalue weighted by Crippen LogP contribution is 2.39. The van der Waals surface area contributed by atoms with Crippen LogP contribution in [0.4, 0.5) is 21.5 Å². The first-order chi connectivity index (χ1) is 14.9.